The molecule has 3 nitrogen and oxygen atoms in total. The van der Waals surface area contributed by atoms with Gasteiger partial charge in [0.2, 0.25) is 0 Å². The van der Waals surface area contributed by atoms with Crippen molar-refractivity contribution in [1.29, 1.82) is 0 Å². The number of fused-ring (bicyclic) bond motifs is 1. The predicted octanol–water partition coefficient (Wildman–Crippen LogP) is 4.32. The summed E-state index contributed by atoms with van der Waals surface area (Å²) in [6.45, 7) is 1.67. The second-order valence-corrected chi connectivity index (χ2v) is 6.92. The molecule has 24 heavy (non-hydrogen) atoms. The molecule has 1 aliphatic carbocycles. The van der Waals surface area contributed by atoms with Crippen LogP contribution >= 0.6 is 0 Å². The molecule has 2 aliphatic rings. The Morgan fingerprint density at radius 2 is 1.79 bits per heavy atom. The summed E-state index contributed by atoms with van der Waals surface area (Å²) in [5.74, 6) is 1.68. The van der Waals surface area contributed by atoms with Crippen LogP contribution in [0.4, 0.5) is 5.69 Å². The molecule has 1 atom stereocenters. The molecule has 2 aromatic carbocycles. The quantitative estimate of drug-likeness (QED) is 0.839. The fraction of sp³-hybridized carbons (Fsp3) is 0.429. The number of nitrogens with zero attached hydrogens (tertiary/aromatic N) is 1. The Labute approximate surface area is 144 Å². The lowest BCUT2D eigenvalue weighted by Gasteiger charge is -2.30. The third kappa shape index (κ3) is 3.13. The SMILES string of the molecule is COc1ccc(C2Cc3ccc(C4CC4)cc3N(C)CCO2)cc1. The molecule has 1 aliphatic heterocycles. The fourth-order valence-corrected chi connectivity index (χ4v) is 3.52. The van der Waals surface area contributed by atoms with E-state index in [1.165, 1.54) is 35.2 Å². The van der Waals surface area contributed by atoms with E-state index < -0.39 is 0 Å². The Hall–Kier alpha value is -2.00. The molecule has 0 bridgehead atoms. The topological polar surface area (TPSA) is 21.7 Å². The van der Waals surface area contributed by atoms with Crippen molar-refractivity contribution in [2.75, 3.05) is 32.2 Å². The Morgan fingerprint density at radius 3 is 2.50 bits per heavy atom. The van der Waals surface area contributed by atoms with E-state index in [-0.39, 0.29) is 6.10 Å². The van der Waals surface area contributed by atoms with Gasteiger partial charge in [-0.05, 0) is 53.6 Å². The first-order valence-corrected chi connectivity index (χ1v) is 8.84. The molecule has 0 saturated heterocycles. The molecular weight excluding hydrogens is 298 g/mol. The highest BCUT2D eigenvalue weighted by Gasteiger charge is 2.26. The second-order valence-electron chi connectivity index (χ2n) is 6.92. The van der Waals surface area contributed by atoms with Gasteiger partial charge in [0.05, 0.1) is 19.8 Å². The zero-order chi connectivity index (χ0) is 16.5. The average Bonchev–Trinajstić information content (AvgIpc) is 3.44. The van der Waals surface area contributed by atoms with Crippen molar-refractivity contribution >= 4 is 5.69 Å². The normalized spacial score (nSPS) is 20.9. The number of anilines is 1. The van der Waals surface area contributed by atoms with Gasteiger partial charge in [-0.1, -0.05) is 24.3 Å². The minimum atomic E-state index is 0.107. The highest BCUT2D eigenvalue weighted by molar-refractivity contribution is 5.57. The van der Waals surface area contributed by atoms with Crippen LogP contribution in [0.15, 0.2) is 42.5 Å². The van der Waals surface area contributed by atoms with Crippen LogP contribution in [0, 0.1) is 0 Å². The van der Waals surface area contributed by atoms with Crippen molar-refractivity contribution in [2.24, 2.45) is 0 Å². The first-order valence-electron chi connectivity index (χ1n) is 8.84. The molecule has 0 radical (unpaired) electrons. The highest BCUT2D eigenvalue weighted by atomic mass is 16.5. The molecule has 0 spiro atoms. The van der Waals surface area contributed by atoms with Crippen molar-refractivity contribution in [3.05, 3.63) is 59.2 Å². The number of benzene rings is 2. The third-order valence-electron chi connectivity index (χ3n) is 5.21. The van der Waals surface area contributed by atoms with Crippen molar-refractivity contribution in [1.82, 2.24) is 0 Å². The summed E-state index contributed by atoms with van der Waals surface area (Å²) in [4.78, 5) is 2.34. The van der Waals surface area contributed by atoms with Crippen LogP contribution in [-0.4, -0.2) is 27.3 Å². The van der Waals surface area contributed by atoms with Crippen molar-refractivity contribution < 1.29 is 9.47 Å². The van der Waals surface area contributed by atoms with Crippen LogP contribution in [0.25, 0.3) is 0 Å². The summed E-state index contributed by atoms with van der Waals surface area (Å²) in [6.07, 6.45) is 3.71. The molecule has 3 heteroatoms. The van der Waals surface area contributed by atoms with Gasteiger partial charge in [-0.15, -0.1) is 0 Å². The van der Waals surface area contributed by atoms with E-state index >= 15 is 0 Å². The highest BCUT2D eigenvalue weighted by Crippen LogP contribution is 2.42. The molecule has 1 fully saturated rings. The molecule has 126 valence electrons. The third-order valence-corrected chi connectivity index (χ3v) is 5.21. The van der Waals surface area contributed by atoms with Gasteiger partial charge in [-0.25, -0.2) is 0 Å². The Bertz CT molecular complexity index is 706. The van der Waals surface area contributed by atoms with E-state index in [2.05, 4.69) is 42.3 Å². The summed E-state index contributed by atoms with van der Waals surface area (Å²) in [7, 11) is 3.87. The van der Waals surface area contributed by atoms with E-state index in [1.807, 2.05) is 12.1 Å². The van der Waals surface area contributed by atoms with Gasteiger partial charge in [-0.3, -0.25) is 0 Å². The summed E-state index contributed by atoms with van der Waals surface area (Å²) >= 11 is 0. The number of ether oxygens (including phenoxy) is 2. The molecule has 2 aromatic rings. The first kappa shape index (κ1) is 15.5. The second kappa shape index (κ2) is 6.48. The number of hydrogen-bond donors (Lipinski definition) is 0. The Morgan fingerprint density at radius 1 is 1.04 bits per heavy atom. The maximum Gasteiger partial charge on any atom is 0.118 e. The minimum absolute atomic E-state index is 0.107. The van der Waals surface area contributed by atoms with E-state index in [0.717, 1.165) is 31.2 Å². The van der Waals surface area contributed by atoms with E-state index in [1.54, 1.807) is 7.11 Å². The lowest BCUT2D eigenvalue weighted by molar-refractivity contribution is 0.0560. The van der Waals surface area contributed by atoms with E-state index in [0.29, 0.717) is 0 Å². The zero-order valence-corrected chi connectivity index (χ0v) is 14.5. The molecule has 0 aromatic heterocycles. The van der Waals surface area contributed by atoms with Crippen LogP contribution in [0.5, 0.6) is 5.75 Å². The van der Waals surface area contributed by atoms with Crippen LogP contribution in [0.3, 0.4) is 0 Å². The predicted molar refractivity (Wildman–Crippen MR) is 97.1 cm³/mol. The summed E-state index contributed by atoms with van der Waals surface area (Å²) in [5.41, 5.74) is 5.48. The van der Waals surface area contributed by atoms with Crippen molar-refractivity contribution in [3.63, 3.8) is 0 Å². The van der Waals surface area contributed by atoms with Gasteiger partial charge >= 0.3 is 0 Å². The number of likely N-dealkylation sites (N-methyl/N-ethyl adjacent to an activating group) is 1. The number of rotatable bonds is 3. The van der Waals surface area contributed by atoms with Crippen molar-refractivity contribution in [2.45, 2.75) is 31.3 Å². The van der Waals surface area contributed by atoms with Gasteiger partial charge < -0.3 is 14.4 Å². The van der Waals surface area contributed by atoms with E-state index in [4.69, 9.17) is 9.47 Å². The zero-order valence-electron chi connectivity index (χ0n) is 14.5. The van der Waals surface area contributed by atoms with Gasteiger partial charge in [0.25, 0.3) is 0 Å². The lowest BCUT2D eigenvalue weighted by atomic mass is 9.96. The van der Waals surface area contributed by atoms with Crippen LogP contribution in [0.1, 0.15) is 41.6 Å². The van der Waals surface area contributed by atoms with Gasteiger partial charge in [0.1, 0.15) is 5.75 Å². The molecule has 0 N–H and O–H groups in total. The molecule has 0 amide bonds. The van der Waals surface area contributed by atoms with Gasteiger partial charge in [0.15, 0.2) is 0 Å². The monoisotopic (exact) mass is 323 g/mol. The van der Waals surface area contributed by atoms with Crippen molar-refractivity contribution in [3.8, 4) is 5.75 Å². The smallest absolute Gasteiger partial charge is 0.118 e. The summed E-state index contributed by atoms with van der Waals surface area (Å²) in [6, 6.07) is 15.3. The molecule has 1 saturated carbocycles. The lowest BCUT2D eigenvalue weighted by Crippen LogP contribution is -2.28. The molecule has 1 unspecified atom stereocenters. The maximum absolute atomic E-state index is 6.18. The van der Waals surface area contributed by atoms with Gasteiger partial charge in [-0.2, -0.15) is 0 Å². The largest absolute Gasteiger partial charge is 0.497 e. The standard InChI is InChI=1S/C21H25NO2/c1-22-11-12-24-21(16-7-9-19(23-2)10-8-16)14-18-6-5-17(13-20(18)22)15-3-4-15/h5-10,13,15,21H,3-4,11-12,14H2,1-2H3. The number of hydrogen-bond acceptors (Lipinski definition) is 3. The fourth-order valence-electron chi connectivity index (χ4n) is 3.52. The molecular formula is C21H25NO2. The maximum atomic E-state index is 6.18. The van der Waals surface area contributed by atoms with Crippen LogP contribution < -0.4 is 9.64 Å². The number of methoxy groups -OCH3 is 1. The minimum Gasteiger partial charge on any atom is -0.497 e. The van der Waals surface area contributed by atoms with E-state index in [9.17, 15) is 0 Å². The Balaban J connectivity index is 1.63. The summed E-state index contributed by atoms with van der Waals surface area (Å²) in [5, 5.41) is 0. The molecule has 1 heterocycles. The van der Waals surface area contributed by atoms with Crippen LogP contribution in [-0.2, 0) is 11.2 Å². The molecule has 4 rings (SSSR count). The van der Waals surface area contributed by atoms with Gasteiger partial charge in [0, 0.05) is 25.7 Å². The first-order chi connectivity index (χ1) is 11.7. The van der Waals surface area contributed by atoms with Crippen LogP contribution in [0.2, 0.25) is 0 Å². The Kier molecular flexibility index (Phi) is 4.19. The summed E-state index contributed by atoms with van der Waals surface area (Å²) < 4.78 is 11.4. The average molecular weight is 323 g/mol.